The van der Waals surface area contributed by atoms with Crippen LogP contribution < -0.4 is 38.8 Å². The van der Waals surface area contributed by atoms with Gasteiger partial charge >= 0.3 is 0 Å². The van der Waals surface area contributed by atoms with E-state index >= 15 is 0 Å². The normalized spacial score (nSPS) is 14.6. The standard InChI is InChI=1S/C19H30N8O2/c1-2-23-18(28)12-6-8-13(9-7-12)24-15(4-3-5-16(26-21)27-22)17(20)19(29)25-14-10-11-14/h6-9,14,24H,2-5,10-11,20-22H2,1H3,(H,23,28)(H,25,29)(H,26,27)/b17-15-. The fourth-order valence-corrected chi connectivity index (χ4v) is 2.64. The zero-order valence-electron chi connectivity index (χ0n) is 16.6. The highest BCUT2D eigenvalue weighted by atomic mass is 16.2. The van der Waals surface area contributed by atoms with E-state index in [1.54, 1.807) is 24.3 Å². The summed E-state index contributed by atoms with van der Waals surface area (Å²) in [7, 11) is 0. The number of hydrogen-bond donors (Lipinski definition) is 7. The van der Waals surface area contributed by atoms with Crippen molar-refractivity contribution in [3.05, 3.63) is 41.2 Å². The molecule has 1 saturated carbocycles. The van der Waals surface area contributed by atoms with Crippen LogP contribution in [0.3, 0.4) is 0 Å². The van der Waals surface area contributed by atoms with Crippen molar-refractivity contribution >= 4 is 23.3 Å². The van der Waals surface area contributed by atoms with Crippen LogP contribution in [-0.4, -0.2) is 30.2 Å². The number of amidine groups is 1. The largest absolute Gasteiger partial charge is 0.393 e. The Morgan fingerprint density at radius 2 is 1.86 bits per heavy atom. The third kappa shape index (κ3) is 7.00. The van der Waals surface area contributed by atoms with E-state index in [4.69, 9.17) is 17.4 Å². The molecule has 10 nitrogen and oxygen atoms in total. The lowest BCUT2D eigenvalue weighted by atomic mass is 10.1. The zero-order chi connectivity index (χ0) is 21.2. The van der Waals surface area contributed by atoms with Gasteiger partial charge in [0.2, 0.25) is 0 Å². The monoisotopic (exact) mass is 402 g/mol. The van der Waals surface area contributed by atoms with Crippen molar-refractivity contribution in [2.45, 2.75) is 45.1 Å². The number of rotatable bonds is 10. The van der Waals surface area contributed by atoms with Crippen LogP contribution in [0.5, 0.6) is 0 Å². The molecule has 29 heavy (non-hydrogen) atoms. The van der Waals surface area contributed by atoms with Crippen molar-refractivity contribution < 1.29 is 9.59 Å². The van der Waals surface area contributed by atoms with Crippen LogP contribution in [0.1, 0.15) is 49.4 Å². The van der Waals surface area contributed by atoms with E-state index in [1.165, 1.54) is 0 Å². The lowest BCUT2D eigenvalue weighted by molar-refractivity contribution is -0.117. The Hall–Kier alpha value is -3.27. The van der Waals surface area contributed by atoms with Crippen molar-refractivity contribution in [2.24, 2.45) is 22.5 Å². The lowest BCUT2D eigenvalue weighted by Crippen LogP contribution is -2.33. The van der Waals surface area contributed by atoms with Gasteiger partial charge in [-0.2, -0.15) is 5.10 Å². The van der Waals surface area contributed by atoms with E-state index in [2.05, 4.69) is 26.5 Å². The molecule has 0 aliphatic heterocycles. The molecule has 0 atom stereocenters. The minimum absolute atomic E-state index is 0.136. The van der Waals surface area contributed by atoms with E-state index in [1.807, 2.05) is 6.92 Å². The maximum atomic E-state index is 12.4. The topological polar surface area (TPSA) is 173 Å². The molecule has 1 aromatic carbocycles. The summed E-state index contributed by atoms with van der Waals surface area (Å²) in [4.78, 5) is 24.3. The molecule has 0 heterocycles. The summed E-state index contributed by atoms with van der Waals surface area (Å²) in [5.41, 5.74) is 10.6. The maximum absolute atomic E-state index is 12.4. The van der Waals surface area contributed by atoms with Gasteiger partial charge in [0.25, 0.3) is 11.8 Å². The number of amides is 2. The number of carbonyl (C=O) groups is 2. The van der Waals surface area contributed by atoms with E-state index in [0.29, 0.717) is 42.9 Å². The lowest BCUT2D eigenvalue weighted by Gasteiger charge is -2.15. The summed E-state index contributed by atoms with van der Waals surface area (Å²) >= 11 is 0. The molecule has 0 bridgehead atoms. The minimum Gasteiger partial charge on any atom is -0.393 e. The van der Waals surface area contributed by atoms with Crippen LogP contribution in [0.25, 0.3) is 0 Å². The highest BCUT2D eigenvalue weighted by molar-refractivity contribution is 5.95. The Balaban J connectivity index is 2.11. The second-order valence-electron chi connectivity index (χ2n) is 6.78. The van der Waals surface area contributed by atoms with Crippen LogP contribution in [0, 0.1) is 0 Å². The Kier molecular flexibility index (Phi) is 8.28. The molecule has 1 fully saturated rings. The van der Waals surface area contributed by atoms with Gasteiger partial charge in [-0.3, -0.25) is 9.59 Å². The van der Waals surface area contributed by atoms with E-state index in [0.717, 1.165) is 18.5 Å². The maximum Gasteiger partial charge on any atom is 0.269 e. The van der Waals surface area contributed by atoms with Crippen molar-refractivity contribution in [2.75, 3.05) is 11.9 Å². The Bertz CT molecular complexity index is 769. The highest BCUT2D eigenvalue weighted by Gasteiger charge is 2.25. The predicted octanol–water partition coefficient (Wildman–Crippen LogP) is 0.203. The van der Waals surface area contributed by atoms with Crippen LogP contribution in [0.2, 0.25) is 0 Å². The van der Waals surface area contributed by atoms with Crippen molar-refractivity contribution in [3.63, 3.8) is 0 Å². The molecular formula is C19H30N8O2. The van der Waals surface area contributed by atoms with Crippen LogP contribution in [-0.2, 0) is 4.79 Å². The SMILES string of the molecule is CCNC(=O)c1ccc(N/C(CCC/C(=N/N)NN)=C(\N)C(=O)NC2CC2)cc1. The number of allylic oxidation sites excluding steroid dienone is 1. The summed E-state index contributed by atoms with van der Waals surface area (Å²) in [5.74, 6) is 10.6. The Morgan fingerprint density at radius 3 is 2.41 bits per heavy atom. The molecule has 1 aliphatic carbocycles. The average molecular weight is 403 g/mol. The number of benzene rings is 1. The predicted molar refractivity (Wildman–Crippen MR) is 113 cm³/mol. The number of hydrazone groups is 1. The van der Waals surface area contributed by atoms with Crippen LogP contribution in [0.15, 0.2) is 40.8 Å². The molecule has 158 valence electrons. The first-order valence-electron chi connectivity index (χ1n) is 9.66. The summed E-state index contributed by atoms with van der Waals surface area (Å²) in [6.45, 7) is 2.42. The molecule has 10 heteroatoms. The van der Waals surface area contributed by atoms with E-state index in [-0.39, 0.29) is 23.6 Å². The molecule has 0 aromatic heterocycles. The number of nitrogens with two attached hydrogens (primary N) is 3. The molecule has 10 N–H and O–H groups in total. The molecule has 2 amide bonds. The molecule has 1 aromatic rings. The van der Waals surface area contributed by atoms with Gasteiger partial charge in [0.05, 0.1) is 0 Å². The number of hydrogen-bond acceptors (Lipinski definition) is 7. The molecule has 2 rings (SSSR count). The van der Waals surface area contributed by atoms with Crippen molar-refractivity contribution in [1.29, 1.82) is 0 Å². The van der Waals surface area contributed by atoms with Gasteiger partial charge in [0, 0.05) is 36.0 Å². The molecule has 1 aliphatic rings. The number of carbonyl (C=O) groups excluding carboxylic acids is 2. The first kappa shape index (κ1) is 22.0. The van der Waals surface area contributed by atoms with Gasteiger partial charge in [0.1, 0.15) is 11.5 Å². The average Bonchev–Trinajstić information content (AvgIpc) is 3.54. The molecule has 0 saturated heterocycles. The zero-order valence-corrected chi connectivity index (χ0v) is 16.6. The quantitative estimate of drug-likeness (QED) is 0.0962. The Morgan fingerprint density at radius 1 is 1.17 bits per heavy atom. The van der Waals surface area contributed by atoms with Gasteiger partial charge in [-0.25, -0.2) is 5.84 Å². The van der Waals surface area contributed by atoms with Crippen molar-refractivity contribution in [3.8, 4) is 0 Å². The fourth-order valence-electron chi connectivity index (χ4n) is 2.64. The number of nitrogens with one attached hydrogen (secondary N) is 4. The molecule has 0 spiro atoms. The third-order valence-electron chi connectivity index (χ3n) is 4.42. The minimum atomic E-state index is -0.293. The molecule has 0 unspecified atom stereocenters. The smallest absolute Gasteiger partial charge is 0.269 e. The van der Waals surface area contributed by atoms with Gasteiger partial charge in [-0.05, 0) is 56.9 Å². The van der Waals surface area contributed by atoms with Gasteiger partial charge < -0.3 is 33.0 Å². The molecular weight excluding hydrogens is 372 g/mol. The summed E-state index contributed by atoms with van der Waals surface area (Å²) in [6.07, 6.45) is 3.56. The number of nitrogens with zero attached hydrogens (tertiary/aromatic N) is 1. The van der Waals surface area contributed by atoms with Gasteiger partial charge in [-0.15, -0.1) is 0 Å². The van der Waals surface area contributed by atoms with Crippen LogP contribution >= 0.6 is 0 Å². The summed E-state index contributed by atoms with van der Waals surface area (Å²) < 4.78 is 0. The number of hydrazine groups is 1. The van der Waals surface area contributed by atoms with Gasteiger partial charge in [-0.1, -0.05) is 0 Å². The summed E-state index contributed by atoms with van der Waals surface area (Å²) in [5, 5.41) is 12.4. The second-order valence-corrected chi connectivity index (χ2v) is 6.78. The number of anilines is 1. The van der Waals surface area contributed by atoms with E-state index in [9.17, 15) is 9.59 Å². The Labute approximate surface area is 170 Å². The van der Waals surface area contributed by atoms with Crippen LogP contribution in [0.4, 0.5) is 5.69 Å². The van der Waals surface area contributed by atoms with Gasteiger partial charge in [0.15, 0.2) is 0 Å². The summed E-state index contributed by atoms with van der Waals surface area (Å²) in [6, 6.07) is 7.16. The van der Waals surface area contributed by atoms with Crippen molar-refractivity contribution in [1.82, 2.24) is 16.1 Å². The third-order valence-corrected chi connectivity index (χ3v) is 4.42. The molecule has 0 radical (unpaired) electrons. The fraction of sp³-hybridized carbons (Fsp3) is 0.421. The first-order chi connectivity index (χ1) is 14.0. The first-order valence-corrected chi connectivity index (χ1v) is 9.66. The highest BCUT2D eigenvalue weighted by Crippen LogP contribution is 2.21. The second kappa shape index (κ2) is 10.9. The van der Waals surface area contributed by atoms with E-state index < -0.39 is 0 Å².